The largest absolute Gasteiger partial charge is 0.471 e. The maximum absolute atomic E-state index is 11.8. The van der Waals surface area contributed by atoms with Gasteiger partial charge >= 0.3 is 12.1 Å². The number of amides is 2. The molecule has 0 radical (unpaired) electrons. The predicted molar refractivity (Wildman–Crippen MR) is 51.6 cm³/mol. The van der Waals surface area contributed by atoms with E-state index in [4.69, 9.17) is 0 Å². The summed E-state index contributed by atoms with van der Waals surface area (Å²) >= 11 is 0. The second kappa shape index (κ2) is 6.34. The molecule has 4 nitrogen and oxygen atoms in total. The second-order valence-corrected chi connectivity index (χ2v) is 3.07. The molecule has 0 saturated heterocycles. The Kier molecular flexibility index (Phi) is 5.84. The number of rotatable bonds is 5. The lowest BCUT2D eigenvalue weighted by Gasteiger charge is -2.18. The highest BCUT2D eigenvalue weighted by atomic mass is 19.4. The molecule has 0 saturated carbocycles. The minimum absolute atomic E-state index is 0.122. The fourth-order valence-electron chi connectivity index (χ4n) is 1.12. The van der Waals surface area contributed by atoms with Crippen LogP contribution in [-0.4, -0.2) is 42.5 Å². The molecule has 0 unspecified atom stereocenters. The van der Waals surface area contributed by atoms with E-state index in [0.717, 1.165) is 0 Å². The number of halogens is 3. The third kappa shape index (κ3) is 4.99. The Labute approximate surface area is 91.8 Å². The van der Waals surface area contributed by atoms with Crippen molar-refractivity contribution in [1.29, 1.82) is 0 Å². The Hall–Kier alpha value is -1.27. The van der Waals surface area contributed by atoms with Crippen LogP contribution in [0.15, 0.2) is 0 Å². The molecule has 0 aliphatic carbocycles. The van der Waals surface area contributed by atoms with Crippen LogP contribution in [0.2, 0.25) is 0 Å². The van der Waals surface area contributed by atoms with Crippen LogP contribution in [0.3, 0.4) is 0 Å². The quantitative estimate of drug-likeness (QED) is 0.777. The highest BCUT2D eigenvalue weighted by molar-refractivity contribution is 5.82. The molecular weight excluding hydrogens is 225 g/mol. The van der Waals surface area contributed by atoms with Crippen molar-refractivity contribution in [2.75, 3.05) is 19.6 Å². The van der Waals surface area contributed by atoms with Crippen LogP contribution in [0.4, 0.5) is 13.2 Å². The van der Waals surface area contributed by atoms with Gasteiger partial charge in [-0.1, -0.05) is 0 Å². The van der Waals surface area contributed by atoms with E-state index in [1.165, 1.54) is 4.90 Å². The van der Waals surface area contributed by atoms with Gasteiger partial charge in [-0.15, -0.1) is 0 Å². The van der Waals surface area contributed by atoms with Gasteiger partial charge in [0, 0.05) is 26.1 Å². The summed E-state index contributed by atoms with van der Waals surface area (Å²) in [4.78, 5) is 23.2. The molecule has 0 heterocycles. The maximum atomic E-state index is 11.8. The van der Waals surface area contributed by atoms with Gasteiger partial charge in [-0.25, -0.2) is 0 Å². The van der Waals surface area contributed by atoms with Crippen molar-refractivity contribution in [2.45, 2.75) is 26.4 Å². The van der Waals surface area contributed by atoms with E-state index < -0.39 is 12.1 Å². The van der Waals surface area contributed by atoms with Crippen molar-refractivity contribution >= 4 is 11.8 Å². The lowest BCUT2D eigenvalue weighted by atomic mass is 10.3. The van der Waals surface area contributed by atoms with Crippen LogP contribution in [0.1, 0.15) is 20.3 Å². The molecule has 0 atom stereocenters. The first-order valence-corrected chi connectivity index (χ1v) is 4.95. The fourth-order valence-corrected chi connectivity index (χ4v) is 1.12. The first-order chi connectivity index (χ1) is 7.32. The highest BCUT2D eigenvalue weighted by Crippen LogP contribution is 2.13. The van der Waals surface area contributed by atoms with Crippen LogP contribution < -0.4 is 5.32 Å². The number of hydrogen-bond acceptors (Lipinski definition) is 2. The summed E-state index contributed by atoms with van der Waals surface area (Å²) in [6.07, 6.45) is -5.01. The molecule has 0 aliphatic rings. The summed E-state index contributed by atoms with van der Waals surface area (Å²) in [5.41, 5.74) is 0. The smallest absolute Gasteiger partial charge is 0.348 e. The number of carbonyl (C=O) groups is 2. The van der Waals surface area contributed by atoms with Gasteiger partial charge in [-0.05, 0) is 13.8 Å². The van der Waals surface area contributed by atoms with Gasteiger partial charge in [0.1, 0.15) is 0 Å². The van der Waals surface area contributed by atoms with E-state index in [2.05, 4.69) is 0 Å². The lowest BCUT2D eigenvalue weighted by Crippen LogP contribution is -2.39. The Balaban J connectivity index is 3.91. The topological polar surface area (TPSA) is 49.4 Å². The zero-order chi connectivity index (χ0) is 12.8. The highest BCUT2D eigenvalue weighted by Gasteiger charge is 2.38. The van der Waals surface area contributed by atoms with Crippen LogP contribution in [0, 0.1) is 0 Å². The van der Waals surface area contributed by atoms with Gasteiger partial charge < -0.3 is 10.2 Å². The molecule has 0 spiro atoms. The van der Waals surface area contributed by atoms with Gasteiger partial charge in [0.15, 0.2) is 0 Å². The van der Waals surface area contributed by atoms with Gasteiger partial charge in [-0.3, -0.25) is 9.59 Å². The molecule has 16 heavy (non-hydrogen) atoms. The molecule has 0 bridgehead atoms. The predicted octanol–water partition coefficient (Wildman–Crippen LogP) is 0.923. The molecule has 0 aromatic heterocycles. The molecule has 0 rings (SSSR count). The molecule has 0 aliphatic heterocycles. The number of alkyl halides is 3. The van der Waals surface area contributed by atoms with Crippen molar-refractivity contribution in [2.24, 2.45) is 0 Å². The Bertz CT molecular complexity index is 250. The Morgan fingerprint density at radius 3 is 2.06 bits per heavy atom. The summed E-state index contributed by atoms with van der Waals surface area (Å²) in [6, 6.07) is 0. The zero-order valence-electron chi connectivity index (χ0n) is 9.23. The molecule has 0 aromatic rings. The first-order valence-electron chi connectivity index (χ1n) is 4.95. The number of nitrogens with zero attached hydrogens (tertiary/aromatic N) is 1. The number of nitrogens with one attached hydrogen (secondary N) is 1. The Morgan fingerprint density at radius 2 is 1.69 bits per heavy atom. The summed E-state index contributed by atoms with van der Waals surface area (Å²) in [7, 11) is 0. The standard InChI is InChI=1S/C9H15F3N2O2/c1-3-14(4-2)7(15)5-6-13-8(16)9(10,11)12/h3-6H2,1-2H3,(H,13,16). The van der Waals surface area contributed by atoms with Crippen LogP contribution >= 0.6 is 0 Å². The molecule has 94 valence electrons. The summed E-state index contributed by atoms with van der Waals surface area (Å²) in [5.74, 6) is -2.28. The van der Waals surface area contributed by atoms with Crippen molar-refractivity contribution in [3.63, 3.8) is 0 Å². The van der Waals surface area contributed by atoms with E-state index >= 15 is 0 Å². The monoisotopic (exact) mass is 240 g/mol. The summed E-state index contributed by atoms with van der Waals surface area (Å²) in [6.45, 7) is 4.25. The van der Waals surface area contributed by atoms with Crippen LogP contribution in [0.25, 0.3) is 0 Å². The van der Waals surface area contributed by atoms with E-state index in [0.29, 0.717) is 13.1 Å². The van der Waals surface area contributed by atoms with Gasteiger partial charge in [-0.2, -0.15) is 13.2 Å². The molecular formula is C9H15F3N2O2. The van der Waals surface area contributed by atoms with Gasteiger partial charge in [0.05, 0.1) is 0 Å². The van der Waals surface area contributed by atoms with Gasteiger partial charge in [0.2, 0.25) is 5.91 Å². The summed E-state index contributed by atoms with van der Waals surface area (Å²) < 4.78 is 35.3. The molecule has 1 N–H and O–H groups in total. The van der Waals surface area contributed by atoms with E-state index in [-0.39, 0.29) is 18.9 Å². The summed E-state index contributed by atoms with van der Waals surface area (Å²) in [5, 5.41) is 1.65. The Morgan fingerprint density at radius 1 is 1.19 bits per heavy atom. The number of hydrogen-bond donors (Lipinski definition) is 1. The van der Waals surface area contributed by atoms with Gasteiger partial charge in [0.25, 0.3) is 0 Å². The third-order valence-corrected chi connectivity index (χ3v) is 2.00. The zero-order valence-corrected chi connectivity index (χ0v) is 9.23. The normalized spacial score (nSPS) is 11.1. The maximum Gasteiger partial charge on any atom is 0.471 e. The average molecular weight is 240 g/mol. The molecule has 7 heteroatoms. The van der Waals surface area contributed by atoms with Crippen molar-refractivity contribution in [3.05, 3.63) is 0 Å². The fraction of sp³-hybridized carbons (Fsp3) is 0.778. The first kappa shape index (κ1) is 14.7. The minimum atomic E-state index is -4.89. The molecule has 0 aromatic carbocycles. The van der Waals surface area contributed by atoms with E-state index in [1.54, 1.807) is 19.2 Å². The third-order valence-electron chi connectivity index (χ3n) is 2.00. The molecule has 0 fully saturated rings. The minimum Gasteiger partial charge on any atom is -0.348 e. The van der Waals surface area contributed by atoms with Crippen LogP contribution in [0.5, 0.6) is 0 Å². The number of carbonyl (C=O) groups excluding carboxylic acids is 2. The van der Waals surface area contributed by atoms with E-state index in [1.807, 2.05) is 0 Å². The SMILES string of the molecule is CCN(CC)C(=O)CCNC(=O)C(F)(F)F. The average Bonchev–Trinajstić information content (AvgIpc) is 2.18. The van der Waals surface area contributed by atoms with Crippen LogP contribution in [-0.2, 0) is 9.59 Å². The van der Waals surface area contributed by atoms with Crippen molar-refractivity contribution < 1.29 is 22.8 Å². The second-order valence-electron chi connectivity index (χ2n) is 3.07. The van der Waals surface area contributed by atoms with Crippen molar-refractivity contribution in [1.82, 2.24) is 10.2 Å². The van der Waals surface area contributed by atoms with Crippen molar-refractivity contribution in [3.8, 4) is 0 Å². The lowest BCUT2D eigenvalue weighted by molar-refractivity contribution is -0.173. The van der Waals surface area contributed by atoms with E-state index in [9.17, 15) is 22.8 Å². The molecule has 2 amide bonds.